The molecule has 2 N–H and O–H groups in total. The first-order chi connectivity index (χ1) is 5.36. The van der Waals surface area contributed by atoms with Gasteiger partial charge in [-0.3, -0.25) is 9.59 Å². The van der Waals surface area contributed by atoms with Crippen molar-refractivity contribution in [1.29, 1.82) is 0 Å². The molecule has 0 saturated heterocycles. The molecule has 0 bridgehead atoms. The van der Waals surface area contributed by atoms with E-state index >= 15 is 0 Å². The first kappa shape index (κ1) is 19.1. The zero-order valence-corrected chi connectivity index (χ0v) is 9.78. The van der Waals surface area contributed by atoms with Gasteiger partial charge in [-0.25, -0.2) is 0 Å². The molecule has 0 atom stereocenters. The van der Waals surface area contributed by atoms with E-state index in [4.69, 9.17) is 10.2 Å². The van der Waals surface area contributed by atoms with Crippen LogP contribution in [0.4, 0.5) is 0 Å². The van der Waals surface area contributed by atoms with E-state index in [9.17, 15) is 9.59 Å². The molecule has 0 rings (SSSR count). The predicted molar refractivity (Wildman–Crippen MR) is 57.4 cm³/mol. The van der Waals surface area contributed by atoms with Gasteiger partial charge < -0.3 is 10.2 Å². The number of hydrogen-bond donors (Lipinski definition) is 2. The number of hydrogen-bond acceptors (Lipinski definition) is 2. The van der Waals surface area contributed by atoms with E-state index in [0.29, 0.717) is 12.8 Å². The lowest BCUT2D eigenvalue weighted by molar-refractivity contribution is -0.148. The fourth-order valence-electron chi connectivity index (χ4n) is 0.788. The van der Waals surface area contributed by atoms with E-state index in [1.807, 2.05) is 0 Å². The Balaban J connectivity index is -0.000000605. The molecule has 0 amide bonds. The van der Waals surface area contributed by atoms with Gasteiger partial charge in [0.15, 0.2) is 0 Å². The number of rotatable bonds is 5. The molecule has 0 unspecified atom stereocenters. The lowest BCUT2D eigenvalue weighted by Gasteiger charge is -2.17. The normalized spacial score (nSPS) is 9.57. The molecule has 0 aromatic rings. The van der Waals surface area contributed by atoms with Gasteiger partial charge in [-0.05, 0) is 26.7 Å². The van der Waals surface area contributed by atoms with Crippen LogP contribution in [0.3, 0.4) is 0 Å². The highest BCUT2D eigenvalue weighted by molar-refractivity contribution is 5.85. The van der Waals surface area contributed by atoms with Crippen LogP contribution in [0, 0.1) is 5.41 Å². The molecule has 0 radical (unpaired) electrons. The van der Waals surface area contributed by atoms with Crippen molar-refractivity contribution in [2.24, 2.45) is 5.41 Å². The maximum Gasteiger partial charge on any atom is 0.309 e. The summed E-state index contributed by atoms with van der Waals surface area (Å²) in [6, 6.07) is 0. The highest BCUT2D eigenvalue weighted by Gasteiger charge is 2.26. The fraction of sp³-hybridized carbons (Fsp3) is 0.750. The largest absolute Gasteiger partial charge is 0.481 e. The van der Waals surface area contributed by atoms with Crippen molar-refractivity contribution in [1.82, 2.24) is 0 Å². The summed E-state index contributed by atoms with van der Waals surface area (Å²) in [6.45, 7) is 3.19. The van der Waals surface area contributed by atoms with Crippen LogP contribution in [0.1, 0.15) is 33.1 Å². The van der Waals surface area contributed by atoms with Crippen molar-refractivity contribution in [3.05, 3.63) is 0 Å². The summed E-state index contributed by atoms with van der Waals surface area (Å²) in [5, 5.41) is 17.0. The van der Waals surface area contributed by atoms with Gasteiger partial charge in [-0.2, -0.15) is 0 Å². The molecule has 0 aliphatic carbocycles. The minimum absolute atomic E-state index is 0. The summed E-state index contributed by atoms with van der Waals surface area (Å²) >= 11 is 0. The van der Waals surface area contributed by atoms with E-state index in [2.05, 4.69) is 0 Å². The Morgan fingerprint density at radius 1 is 1.14 bits per heavy atom. The second-order valence-corrected chi connectivity index (χ2v) is 3.44. The summed E-state index contributed by atoms with van der Waals surface area (Å²) in [5.41, 5.74) is -0.810. The average molecular weight is 247 g/mol. The zero-order valence-electron chi connectivity index (χ0n) is 8.15. The Kier molecular flexibility index (Phi) is 10.8. The predicted octanol–water partition coefficient (Wildman–Crippen LogP) is 2.20. The van der Waals surface area contributed by atoms with Crippen LogP contribution in [-0.2, 0) is 9.59 Å². The third kappa shape index (κ3) is 8.13. The van der Waals surface area contributed by atoms with Crippen LogP contribution >= 0.6 is 24.8 Å². The molecule has 14 heavy (non-hydrogen) atoms. The lowest BCUT2D eigenvalue weighted by Crippen LogP contribution is -2.23. The third-order valence-electron chi connectivity index (χ3n) is 1.77. The van der Waals surface area contributed by atoms with Crippen molar-refractivity contribution in [3.8, 4) is 0 Å². The Bertz CT molecular complexity index is 192. The van der Waals surface area contributed by atoms with Crippen LogP contribution in [0.25, 0.3) is 0 Å². The molecule has 6 heteroatoms. The average Bonchev–Trinajstić information content (AvgIpc) is 1.85. The lowest BCUT2D eigenvalue weighted by atomic mass is 9.87. The molecule has 0 aliphatic rings. The minimum Gasteiger partial charge on any atom is -0.481 e. The molecule has 0 heterocycles. The van der Waals surface area contributed by atoms with Crippen molar-refractivity contribution in [3.63, 3.8) is 0 Å². The SMILES string of the molecule is CC(C)(CCCC(=O)O)C(=O)O.Cl.Cl. The molecule has 0 aromatic heterocycles. The van der Waals surface area contributed by atoms with Gasteiger partial charge in [0.25, 0.3) is 0 Å². The molecular formula is C8H16Cl2O4. The van der Waals surface area contributed by atoms with Crippen LogP contribution in [0.15, 0.2) is 0 Å². The number of halogens is 2. The van der Waals surface area contributed by atoms with E-state index in [-0.39, 0.29) is 31.2 Å². The van der Waals surface area contributed by atoms with Crippen LogP contribution in [-0.4, -0.2) is 22.2 Å². The summed E-state index contributed by atoms with van der Waals surface area (Å²) in [5.74, 6) is -1.76. The van der Waals surface area contributed by atoms with Gasteiger partial charge in [0.2, 0.25) is 0 Å². The maximum absolute atomic E-state index is 10.5. The molecule has 0 aliphatic heterocycles. The van der Waals surface area contributed by atoms with Gasteiger partial charge >= 0.3 is 11.9 Å². The van der Waals surface area contributed by atoms with Crippen molar-refractivity contribution < 1.29 is 19.8 Å². The summed E-state index contributed by atoms with van der Waals surface area (Å²) in [6.07, 6.45) is 0.847. The van der Waals surface area contributed by atoms with E-state index in [0.717, 1.165) is 0 Å². The first-order valence-electron chi connectivity index (χ1n) is 3.81. The van der Waals surface area contributed by atoms with Gasteiger partial charge in [0.1, 0.15) is 0 Å². The molecule has 86 valence electrons. The van der Waals surface area contributed by atoms with Gasteiger partial charge in [-0.15, -0.1) is 24.8 Å². The molecule has 0 aromatic carbocycles. The van der Waals surface area contributed by atoms with Crippen LogP contribution < -0.4 is 0 Å². The molecule has 0 saturated carbocycles. The second-order valence-electron chi connectivity index (χ2n) is 3.44. The van der Waals surface area contributed by atoms with Crippen molar-refractivity contribution in [2.45, 2.75) is 33.1 Å². The molecule has 4 nitrogen and oxygen atoms in total. The zero-order chi connectivity index (χ0) is 9.78. The highest BCUT2D eigenvalue weighted by Crippen LogP contribution is 2.22. The van der Waals surface area contributed by atoms with Gasteiger partial charge in [-0.1, -0.05) is 0 Å². The first-order valence-corrected chi connectivity index (χ1v) is 3.81. The number of carboxylic acid groups (broad SMARTS) is 2. The van der Waals surface area contributed by atoms with Crippen molar-refractivity contribution >= 4 is 36.8 Å². The van der Waals surface area contributed by atoms with Crippen molar-refractivity contribution in [2.75, 3.05) is 0 Å². The number of carboxylic acids is 2. The number of carbonyl (C=O) groups is 2. The van der Waals surface area contributed by atoms with E-state index in [1.54, 1.807) is 13.8 Å². The monoisotopic (exact) mass is 246 g/mol. The quantitative estimate of drug-likeness (QED) is 0.780. The number of aliphatic carboxylic acids is 2. The summed E-state index contributed by atoms with van der Waals surface area (Å²) in [7, 11) is 0. The second kappa shape index (κ2) is 7.88. The Morgan fingerprint density at radius 2 is 1.57 bits per heavy atom. The standard InChI is InChI=1S/C8H14O4.2ClH/c1-8(2,7(11)12)5-3-4-6(9)10;;/h3-5H2,1-2H3,(H,9,10)(H,11,12);2*1H. The fourth-order valence-corrected chi connectivity index (χ4v) is 0.788. The molecule has 0 spiro atoms. The Morgan fingerprint density at radius 3 is 1.86 bits per heavy atom. The van der Waals surface area contributed by atoms with Crippen LogP contribution in [0.2, 0.25) is 0 Å². The highest BCUT2D eigenvalue weighted by atomic mass is 35.5. The smallest absolute Gasteiger partial charge is 0.309 e. The van der Waals surface area contributed by atoms with E-state index in [1.165, 1.54) is 0 Å². The topological polar surface area (TPSA) is 74.6 Å². The Labute approximate surface area is 95.5 Å². The minimum atomic E-state index is -0.882. The third-order valence-corrected chi connectivity index (χ3v) is 1.77. The summed E-state index contributed by atoms with van der Waals surface area (Å²) in [4.78, 5) is 20.7. The molecule has 0 fully saturated rings. The van der Waals surface area contributed by atoms with E-state index < -0.39 is 17.4 Å². The van der Waals surface area contributed by atoms with Gasteiger partial charge in [0, 0.05) is 6.42 Å². The summed E-state index contributed by atoms with van der Waals surface area (Å²) < 4.78 is 0. The molecular weight excluding hydrogens is 231 g/mol. The van der Waals surface area contributed by atoms with Crippen LogP contribution in [0.5, 0.6) is 0 Å². The Hall–Kier alpha value is -0.480. The van der Waals surface area contributed by atoms with Gasteiger partial charge in [0.05, 0.1) is 5.41 Å². The maximum atomic E-state index is 10.5.